The van der Waals surface area contributed by atoms with E-state index < -0.39 is 6.10 Å². The highest BCUT2D eigenvalue weighted by molar-refractivity contribution is 5.71. The fraction of sp³-hybridized carbons (Fsp3) is 0.677. The Kier molecular flexibility index (Phi) is 55.4. The molecule has 0 heterocycles. The average Bonchev–Trinajstić information content (AvgIpc) is 3.37. The Morgan fingerprint density at radius 1 is 0.282 bits per heavy atom. The number of carbonyl (C=O) groups excluding carboxylic acids is 3. The third kappa shape index (κ3) is 56.9. The molecule has 1 atom stereocenters. The molecule has 6 heteroatoms. The van der Waals surface area contributed by atoms with Gasteiger partial charge in [-0.15, -0.1) is 0 Å². The van der Waals surface area contributed by atoms with Crippen LogP contribution in [-0.2, 0) is 28.6 Å². The van der Waals surface area contributed by atoms with Crippen LogP contribution in [0, 0.1) is 0 Å². The maximum absolute atomic E-state index is 12.9. The largest absolute Gasteiger partial charge is 0.462 e. The van der Waals surface area contributed by atoms with E-state index in [1.54, 1.807) is 0 Å². The van der Waals surface area contributed by atoms with Crippen LogP contribution in [-0.4, -0.2) is 37.2 Å². The van der Waals surface area contributed by atoms with Crippen LogP contribution in [0.15, 0.2) is 109 Å². The monoisotopic (exact) mass is 985 g/mol. The van der Waals surface area contributed by atoms with E-state index in [1.807, 2.05) is 6.08 Å². The molecule has 0 bridgehead atoms. The molecule has 0 radical (unpaired) electrons. The molecule has 0 saturated carbocycles. The Bertz CT molecular complexity index is 1460. The maximum Gasteiger partial charge on any atom is 0.306 e. The summed E-state index contributed by atoms with van der Waals surface area (Å²) >= 11 is 0. The molecular weight excluding hydrogens is 877 g/mol. The van der Waals surface area contributed by atoms with Gasteiger partial charge in [-0.2, -0.15) is 0 Å². The summed E-state index contributed by atoms with van der Waals surface area (Å²) in [5, 5.41) is 0. The topological polar surface area (TPSA) is 78.9 Å². The number of carbonyl (C=O) groups is 3. The Morgan fingerprint density at radius 2 is 0.535 bits per heavy atom. The number of hydrogen-bond donors (Lipinski definition) is 0. The molecule has 0 rings (SSSR count). The van der Waals surface area contributed by atoms with Gasteiger partial charge in [-0.25, -0.2) is 0 Å². The Labute approximate surface area is 438 Å². The number of esters is 3. The van der Waals surface area contributed by atoms with Crippen molar-refractivity contribution >= 4 is 17.9 Å². The van der Waals surface area contributed by atoms with Crippen molar-refractivity contribution in [1.29, 1.82) is 0 Å². The van der Waals surface area contributed by atoms with E-state index >= 15 is 0 Å². The van der Waals surface area contributed by atoms with Gasteiger partial charge in [0.1, 0.15) is 13.2 Å². The van der Waals surface area contributed by atoms with Gasteiger partial charge in [0.2, 0.25) is 0 Å². The standard InChI is InChI=1S/C65H108O6/c1-4-7-10-13-16-19-22-25-28-30-32-34-37-40-43-46-49-52-55-58-64(67)70-61-62(60-69-63(66)57-54-51-48-45-42-39-36-27-24-21-18-15-12-9-6-3)71-65(68)59-56-53-50-47-44-41-38-35-33-31-29-26-23-20-17-14-11-8-5-2/h16,18-19,21,25-29,32,34,36,40,42-43,45,49,52,62H,4-15,17,20,22-24,30-31,33,35,37-39,41,44,46-48,50-51,53-61H2,1-3H3/b19-16-,21-18-,28-25-,29-26-,34-32-,36-27-,43-40-,45-42-,52-49-/t62-/m0/s1. The van der Waals surface area contributed by atoms with Crippen molar-refractivity contribution < 1.29 is 28.6 Å². The van der Waals surface area contributed by atoms with Gasteiger partial charge in [0.15, 0.2) is 6.10 Å². The van der Waals surface area contributed by atoms with E-state index in [1.165, 1.54) is 141 Å². The van der Waals surface area contributed by atoms with E-state index in [0.29, 0.717) is 25.7 Å². The van der Waals surface area contributed by atoms with Crippen LogP contribution in [0.3, 0.4) is 0 Å². The third-order valence-electron chi connectivity index (χ3n) is 12.2. The van der Waals surface area contributed by atoms with Gasteiger partial charge < -0.3 is 14.2 Å². The third-order valence-corrected chi connectivity index (χ3v) is 12.2. The van der Waals surface area contributed by atoms with Gasteiger partial charge in [0.25, 0.3) is 0 Å². The number of unbranched alkanes of at least 4 members (excludes halogenated alkanes) is 23. The lowest BCUT2D eigenvalue weighted by Crippen LogP contribution is -2.30. The number of ether oxygens (including phenoxy) is 3. The van der Waals surface area contributed by atoms with Crippen LogP contribution in [0.1, 0.15) is 265 Å². The number of hydrogen-bond acceptors (Lipinski definition) is 6. The van der Waals surface area contributed by atoms with Crippen LogP contribution in [0.25, 0.3) is 0 Å². The molecule has 0 aromatic rings. The lowest BCUT2D eigenvalue weighted by atomic mass is 10.1. The van der Waals surface area contributed by atoms with Gasteiger partial charge in [-0.1, -0.05) is 233 Å². The summed E-state index contributed by atoms with van der Waals surface area (Å²) in [5.74, 6) is -1.04. The Balaban J connectivity index is 4.54. The minimum absolute atomic E-state index is 0.123. The van der Waals surface area contributed by atoms with Gasteiger partial charge in [-0.05, 0) is 122 Å². The highest BCUT2D eigenvalue weighted by Crippen LogP contribution is 2.14. The number of rotatable bonds is 52. The van der Waals surface area contributed by atoms with Gasteiger partial charge >= 0.3 is 17.9 Å². The van der Waals surface area contributed by atoms with Crippen molar-refractivity contribution in [3.63, 3.8) is 0 Å². The molecule has 0 amide bonds. The van der Waals surface area contributed by atoms with E-state index in [9.17, 15) is 14.4 Å². The summed E-state index contributed by atoms with van der Waals surface area (Å²) in [6.45, 7) is 6.49. The molecule has 404 valence electrons. The van der Waals surface area contributed by atoms with Crippen LogP contribution in [0.2, 0.25) is 0 Å². The summed E-state index contributed by atoms with van der Waals surface area (Å²) in [6, 6.07) is 0. The molecule has 0 aromatic carbocycles. The predicted molar refractivity (Wildman–Crippen MR) is 307 cm³/mol. The molecule has 0 fully saturated rings. The molecule has 71 heavy (non-hydrogen) atoms. The first kappa shape index (κ1) is 67.1. The molecule has 0 saturated heterocycles. The molecule has 6 nitrogen and oxygen atoms in total. The Hall–Kier alpha value is -3.93. The normalized spacial score (nSPS) is 12.9. The summed E-state index contributed by atoms with van der Waals surface area (Å²) < 4.78 is 16.8. The minimum Gasteiger partial charge on any atom is -0.462 e. The van der Waals surface area contributed by atoms with Gasteiger partial charge in [0.05, 0.1) is 0 Å². The van der Waals surface area contributed by atoms with E-state index in [2.05, 4.69) is 124 Å². The van der Waals surface area contributed by atoms with Crippen molar-refractivity contribution in [3.8, 4) is 0 Å². The van der Waals surface area contributed by atoms with Gasteiger partial charge in [-0.3, -0.25) is 14.4 Å². The second kappa shape index (κ2) is 58.6. The van der Waals surface area contributed by atoms with Crippen LogP contribution < -0.4 is 0 Å². The summed E-state index contributed by atoms with van der Waals surface area (Å²) in [4.78, 5) is 38.1. The van der Waals surface area contributed by atoms with E-state index in [-0.39, 0.29) is 37.5 Å². The summed E-state index contributed by atoms with van der Waals surface area (Å²) in [5.41, 5.74) is 0. The molecule has 0 N–H and O–H groups in total. The summed E-state index contributed by atoms with van der Waals surface area (Å²) in [6.07, 6.45) is 79.5. The highest BCUT2D eigenvalue weighted by atomic mass is 16.6. The zero-order chi connectivity index (χ0) is 51.4. The fourth-order valence-corrected chi connectivity index (χ4v) is 7.78. The van der Waals surface area contributed by atoms with Crippen LogP contribution in [0.4, 0.5) is 0 Å². The molecule has 0 aliphatic carbocycles. The zero-order valence-electron chi connectivity index (χ0n) is 46.2. The van der Waals surface area contributed by atoms with E-state index in [4.69, 9.17) is 14.2 Å². The molecule has 0 spiro atoms. The van der Waals surface area contributed by atoms with Crippen molar-refractivity contribution in [3.05, 3.63) is 109 Å². The second-order valence-electron chi connectivity index (χ2n) is 19.2. The Morgan fingerprint density at radius 3 is 0.944 bits per heavy atom. The first-order valence-electron chi connectivity index (χ1n) is 29.4. The van der Waals surface area contributed by atoms with Crippen molar-refractivity contribution in [2.75, 3.05) is 13.2 Å². The minimum atomic E-state index is -0.827. The smallest absolute Gasteiger partial charge is 0.306 e. The lowest BCUT2D eigenvalue weighted by Gasteiger charge is -2.18. The van der Waals surface area contributed by atoms with Crippen LogP contribution >= 0.6 is 0 Å². The van der Waals surface area contributed by atoms with E-state index in [0.717, 1.165) is 70.6 Å². The molecule has 0 unspecified atom stereocenters. The molecule has 0 aliphatic heterocycles. The second-order valence-corrected chi connectivity index (χ2v) is 19.2. The zero-order valence-corrected chi connectivity index (χ0v) is 46.2. The lowest BCUT2D eigenvalue weighted by molar-refractivity contribution is -0.166. The highest BCUT2D eigenvalue weighted by Gasteiger charge is 2.19. The molecular formula is C65H108O6. The molecule has 0 aromatic heterocycles. The quantitative estimate of drug-likeness (QED) is 0.0261. The van der Waals surface area contributed by atoms with Crippen molar-refractivity contribution in [1.82, 2.24) is 0 Å². The van der Waals surface area contributed by atoms with Crippen LogP contribution in [0.5, 0.6) is 0 Å². The molecule has 0 aliphatic rings. The SMILES string of the molecule is CCCCC/C=C\C/C=C\C/C=C\C/C=C\C/C=C\CCC(=O)OC[C@H](COC(=O)CCCC/C=C\C/C=C\C/C=C\CCCCC)OC(=O)CCCCCCCCCCC/C=C\CCCCCCCC. The van der Waals surface area contributed by atoms with Crippen molar-refractivity contribution in [2.45, 2.75) is 271 Å². The first-order chi connectivity index (χ1) is 35.0. The average molecular weight is 986 g/mol. The number of allylic oxidation sites excluding steroid dienone is 18. The predicted octanol–water partition coefficient (Wildman–Crippen LogP) is 19.9. The van der Waals surface area contributed by atoms with Gasteiger partial charge in [0, 0.05) is 19.3 Å². The first-order valence-corrected chi connectivity index (χ1v) is 29.4. The fourth-order valence-electron chi connectivity index (χ4n) is 7.78. The van der Waals surface area contributed by atoms with Crippen molar-refractivity contribution in [2.24, 2.45) is 0 Å². The maximum atomic E-state index is 12.9. The summed E-state index contributed by atoms with van der Waals surface area (Å²) in [7, 11) is 0.